The smallest absolute Gasteiger partial charge is 0.317 e. The summed E-state index contributed by atoms with van der Waals surface area (Å²) in [5.74, 6) is -0.750. The Bertz CT molecular complexity index is 242. The number of carboxylic acids is 1. The molecule has 1 aliphatic rings. The first-order chi connectivity index (χ1) is 6.50. The molecule has 0 aliphatic carbocycles. The molecular weight excluding hydrogens is 184 g/mol. The van der Waals surface area contributed by atoms with Crippen LogP contribution in [0.5, 0.6) is 0 Å². The van der Waals surface area contributed by atoms with Gasteiger partial charge in [-0.25, -0.2) is 0 Å². The van der Waals surface area contributed by atoms with Crippen LogP contribution in [0, 0.1) is 0 Å². The molecule has 1 amide bonds. The second kappa shape index (κ2) is 4.41. The number of amides is 1. The SMILES string of the molecule is CC(=O)N1CCN(CC(=O)O)C(C)C1. The zero-order chi connectivity index (χ0) is 10.7. The summed E-state index contributed by atoms with van der Waals surface area (Å²) < 4.78 is 0. The van der Waals surface area contributed by atoms with E-state index in [1.807, 2.05) is 11.8 Å². The molecule has 1 heterocycles. The monoisotopic (exact) mass is 200 g/mol. The van der Waals surface area contributed by atoms with Crippen LogP contribution in [0.1, 0.15) is 13.8 Å². The minimum absolute atomic E-state index is 0.0619. The van der Waals surface area contributed by atoms with E-state index in [9.17, 15) is 9.59 Å². The zero-order valence-electron chi connectivity index (χ0n) is 8.56. The van der Waals surface area contributed by atoms with Crippen LogP contribution in [0.4, 0.5) is 0 Å². The van der Waals surface area contributed by atoms with Crippen molar-refractivity contribution in [2.45, 2.75) is 19.9 Å². The number of nitrogens with zero attached hydrogens (tertiary/aromatic N) is 2. The van der Waals surface area contributed by atoms with E-state index in [-0.39, 0.29) is 18.5 Å². The maximum absolute atomic E-state index is 11.1. The van der Waals surface area contributed by atoms with Gasteiger partial charge in [0.1, 0.15) is 0 Å². The van der Waals surface area contributed by atoms with Crippen LogP contribution in [0.2, 0.25) is 0 Å². The molecular formula is C9H16N2O3. The molecule has 14 heavy (non-hydrogen) atoms. The first-order valence-electron chi connectivity index (χ1n) is 4.72. The van der Waals surface area contributed by atoms with Gasteiger partial charge in [0.25, 0.3) is 0 Å². The van der Waals surface area contributed by atoms with Crippen molar-refractivity contribution < 1.29 is 14.7 Å². The van der Waals surface area contributed by atoms with E-state index in [1.165, 1.54) is 0 Å². The Labute approximate surface area is 83.3 Å². The molecule has 1 saturated heterocycles. The van der Waals surface area contributed by atoms with Gasteiger partial charge in [-0.2, -0.15) is 0 Å². The molecule has 80 valence electrons. The van der Waals surface area contributed by atoms with Crippen LogP contribution in [-0.4, -0.2) is 59.0 Å². The van der Waals surface area contributed by atoms with Crippen molar-refractivity contribution in [3.63, 3.8) is 0 Å². The molecule has 1 N–H and O–H groups in total. The topological polar surface area (TPSA) is 60.9 Å². The summed E-state index contributed by atoms with van der Waals surface area (Å²) in [4.78, 5) is 25.2. The number of aliphatic carboxylic acids is 1. The van der Waals surface area contributed by atoms with Gasteiger partial charge in [-0.1, -0.05) is 0 Å². The summed E-state index contributed by atoms with van der Waals surface area (Å²) in [6.45, 7) is 5.45. The Morgan fingerprint density at radius 2 is 2.07 bits per heavy atom. The minimum Gasteiger partial charge on any atom is -0.480 e. The van der Waals surface area contributed by atoms with E-state index in [0.717, 1.165) is 0 Å². The maximum Gasteiger partial charge on any atom is 0.317 e. The standard InChI is InChI=1S/C9H16N2O3/c1-7-5-11(8(2)12)4-3-10(7)6-9(13)14/h7H,3-6H2,1-2H3,(H,13,14). The van der Waals surface area contributed by atoms with Crippen molar-refractivity contribution in [1.29, 1.82) is 0 Å². The first-order valence-corrected chi connectivity index (χ1v) is 4.72. The Morgan fingerprint density at radius 1 is 1.43 bits per heavy atom. The molecule has 1 unspecified atom stereocenters. The molecule has 0 bridgehead atoms. The lowest BCUT2D eigenvalue weighted by molar-refractivity contribution is -0.140. The lowest BCUT2D eigenvalue weighted by Crippen LogP contribution is -2.54. The average Bonchev–Trinajstić information content (AvgIpc) is 2.07. The number of carboxylic acid groups (broad SMARTS) is 1. The normalized spacial score (nSPS) is 23.6. The third-order valence-corrected chi connectivity index (χ3v) is 2.55. The number of carbonyl (C=O) groups excluding carboxylic acids is 1. The number of rotatable bonds is 2. The number of hydrogen-bond donors (Lipinski definition) is 1. The number of hydrogen-bond acceptors (Lipinski definition) is 3. The molecule has 1 rings (SSSR count). The largest absolute Gasteiger partial charge is 0.480 e. The number of carbonyl (C=O) groups is 2. The van der Waals surface area contributed by atoms with Crippen molar-refractivity contribution in [3.8, 4) is 0 Å². The van der Waals surface area contributed by atoms with E-state index < -0.39 is 5.97 Å². The fraction of sp³-hybridized carbons (Fsp3) is 0.778. The highest BCUT2D eigenvalue weighted by molar-refractivity contribution is 5.73. The Balaban J connectivity index is 2.47. The third-order valence-electron chi connectivity index (χ3n) is 2.55. The van der Waals surface area contributed by atoms with Crippen LogP contribution < -0.4 is 0 Å². The first kappa shape index (κ1) is 11.0. The van der Waals surface area contributed by atoms with Gasteiger partial charge < -0.3 is 10.0 Å². The maximum atomic E-state index is 11.1. The van der Waals surface area contributed by atoms with Crippen molar-refractivity contribution in [2.75, 3.05) is 26.2 Å². The van der Waals surface area contributed by atoms with E-state index in [0.29, 0.717) is 19.6 Å². The summed E-state index contributed by atoms with van der Waals surface area (Å²) in [5.41, 5.74) is 0. The second-order valence-electron chi connectivity index (χ2n) is 3.68. The van der Waals surface area contributed by atoms with E-state index >= 15 is 0 Å². The third kappa shape index (κ3) is 2.70. The zero-order valence-corrected chi connectivity index (χ0v) is 8.56. The quantitative estimate of drug-likeness (QED) is 0.660. The van der Waals surface area contributed by atoms with Crippen LogP contribution in [0.15, 0.2) is 0 Å². The molecule has 5 heteroatoms. The summed E-state index contributed by atoms with van der Waals surface area (Å²) in [7, 11) is 0. The fourth-order valence-electron chi connectivity index (χ4n) is 1.69. The lowest BCUT2D eigenvalue weighted by atomic mass is 10.2. The van der Waals surface area contributed by atoms with Gasteiger partial charge in [0, 0.05) is 32.6 Å². The van der Waals surface area contributed by atoms with Gasteiger partial charge in [-0.05, 0) is 6.92 Å². The number of piperazine rings is 1. The lowest BCUT2D eigenvalue weighted by Gasteiger charge is -2.38. The van der Waals surface area contributed by atoms with Gasteiger partial charge in [0.05, 0.1) is 6.54 Å². The molecule has 0 aromatic heterocycles. The van der Waals surface area contributed by atoms with Crippen LogP contribution in [0.3, 0.4) is 0 Å². The van der Waals surface area contributed by atoms with E-state index in [2.05, 4.69) is 0 Å². The van der Waals surface area contributed by atoms with Gasteiger partial charge in [-0.15, -0.1) is 0 Å². The van der Waals surface area contributed by atoms with Crippen LogP contribution in [-0.2, 0) is 9.59 Å². The van der Waals surface area contributed by atoms with Crippen LogP contribution in [0.25, 0.3) is 0 Å². The molecule has 5 nitrogen and oxygen atoms in total. The highest BCUT2D eigenvalue weighted by Gasteiger charge is 2.25. The minimum atomic E-state index is -0.812. The molecule has 0 aromatic carbocycles. The van der Waals surface area contributed by atoms with Gasteiger partial charge in [-0.3, -0.25) is 14.5 Å². The second-order valence-corrected chi connectivity index (χ2v) is 3.68. The van der Waals surface area contributed by atoms with Crippen molar-refractivity contribution in [1.82, 2.24) is 9.80 Å². The van der Waals surface area contributed by atoms with E-state index in [4.69, 9.17) is 5.11 Å². The van der Waals surface area contributed by atoms with Crippen molar-refractivity contribution >= 4 is 11.9 Å². The molecule has 0 aromatic rings. The van der Waals surface area contributed by atoms with Gasteiger partial charge in [0.15, 0.2) is 0 Å². The van der Waals surface area contributed by atoms with Crippen LogP contribution >= 0.6 is 0 Å². The molecule has 1 fully saturated rings. The highest BCUT2D eigenvalue weighted by atomic mass is 16.4. The Kier molecular flexibility index (Phi) is 3.46. The highest BCUT2D eigenvalue weighted by Crippen LogP contribution is 2.08. The summed E-state index contributed by atoms with van der Waals surface area (Å²) in [6.07, 6.45) is 0. The fourth-order valence-corrected chi connectivity index (χ4v) is 1.69. The summed E-state index contributed by atoms with van der Waals surface area (Å²) in [6, 6.07) is 0.128. The van der Waals surface area contributed by atoms with Crippen molar-refractivity contribution in [2.24, 2.45) is 0 Å². The van der Waals surface area contributed by atoms with E-state index in [1.54, 1.807) is 11.8 Å². The summed E-state index contributed by atoms with van der Waals surface area (Å²) in [5, 5.41) is 8.64. The Morgan fingerprint density at radius 3 is 2.50 bits per heavy atom. The predicted molar refractivity (Wildman–Crippen MR) is 50.9 cm³/mol. The predicted octanol–water partition coefficient (Wildman–Crippen LogP) is -0.376. The van der Waals surface area contributed by atoms with Gasteiger partial charge >= 0.3 is 5.97 Å². The Hall–Kier alpha value is -1.10. The van der Waals surface area contributed by atoms with Crippen molar-refractivity contribution in [3.05, 3.63) is 0 Å². The average molecular weight is 200 g/mol. The summed E-state index contributed by atoms with van der Waals surface area (Å²) >= 11 is 0. The molecule has 0 spiro atoms. The van der Waals surface area contributed by atoms with Gasteiger partial charge in [0.2, 0.25) is 5.91 Å². The molecule has 1 aliphatic heterocycles. The molecule has 1 atom stereocenters. The molecule has 0 radical (unpaired) electrons. The molecule has 0 saturated carbocycles.